The first-order valence-electron chi connectivity index (χ1n) is 6.45. The molecule has 5 heteroatoms. The van der Waals surface area contributed by atoms with Gasteiger partial charge in [0.05, 0.1) is 4.47 Å². The molecule has 0 aliphatic carbocycles. The van der Waals surface area contributed by atoms with Crippen LogP contribution in [-0.4, -0.2) is 11.5 Å². The van der Waals surface area contributed by atoms with Gasteiger partial charge in [-0.05, 0) is 40.5 Å². The van der Waals surface area contributed by atoms with Gasteiger partial charge in [-0.3, -0.25) is 0 Å². The van der Waals surface area contributed by atoms with E-state index in [1.54, 1.807) is 12.3 Å². The van der Waals surface area contributed by atoms with E-state index in [1.807, 2.05) is 12.1 Å². The number of ether oxygens (including phenoxy) is 1. The van der Waals surface area contributed by atoms with Crippen LogP contribution >= 0.6 is 15.9 Å². The summed E-state index contributed by atoms with van der Waals surface area (Å²) in [6, 6.07) is 8.22. The van der Waals surface area contributed by atoms with Gasteiger partial charge in [-0.2, -0.15) is 0 Å². The Hall–Kier alpha value is -1.62. The minimum atomic E-state index is -0.319. The molecule has 0 aliphatic heterocycles. The van der Waals surface area contributed by atoms with E-state index in [0.29, 0.717) is 12.4 Å². The Morgan fingerprint density at radius 3 is 2.85 bits per heavy atom. The van der Waals surface area contributed by atoms with E-state index < -0.39 is 0 Å². The van der Waals surface area contributed by atoms with Crippen LogP contribution in [0.15, 0.2) is 41.0 Å². The van der Waals surface area contributed by atoms with E-state index in [0.717, 1.165) is 28.8 Å². The molecule has 0 saturated heterocycles. The van der Waals surface area contributed by atoms with Gasteiger partial charge in [-0.25, -0.2) is 9.37 Å². The molecule has 0 radical (unpaired) electrons. The summed E-state index contributed by atoms with van der Waals surface area (Å²) >= 11 is 3.33. The van der Waals surface area contributed by atoms with E-state index in [2.05, 4.69) is 33.2 Å². The lowest BCUT2D eigenvalue weighted by molar-refractivity contribution is 0.302. The topological polar surface area (TPSA) is 34.1 Å². The summed E-state index contributed by atoms with van der Waals surface area (Å²) in [6.45, 7) is 3.36. The molecule has 2 rings (SSSR count). The van der Waals surface area contributed by atoms with Gasteiger partial charge in [0.2, 0.25) is 0 Å². The molecule has 2 aromatic rings. The van der Waals surface area contributed by atoms with Crippen LogP contribution in [0.5, 0.6) is 5.75 Å². The van der Waals surface area contributed by atoms with Gasteiger partial charge < -0.3 is 10.1 Å². The first-order chi connectivity index (χ1) is 9.69. The molecule has 1 aromatic carbocycles. The van der Waals surface area contributed by atoms with Gasteiger partial charge >= 0.3 is 0 Å². The minimum absolute atomic E-state index is 0.319. The average molecular weight is 339 g/mol. The van der Waals surface area contributed by atoms with E-state index in [-0.39, 0.29) is 5.82 Å². The van der Waals surface area contributed by atoms with E-state index in [9.17, 15) is 4.39 Å². The average Bonchev–Trinajstić information content (AvgIpc) is 2.47. The van der Waals surface area contributed by atoms with Crippen LogP contribution in [0, 0.1) is 5.82 Å². The van der Waals surface area contributed by atoms with Crippen LogP contribution in [0.4, 0.5) is 10.2 Å². The van der Waals surface area contributed by atoms with Crippen molar-refractivity contribution in [2.75, 3.05) is 11.9 Å². The fraction of sp³-hybridized carbons (Fsp3) is 0.267. The second-order valence-corrected chi connectivity index (χ2v) is 5.20. The highest BCUT2D eigenvalue weighted by Crippen LogP contribution is 2.26. The molecule has 0 bridgehead atoms. The molecular formula is C15H16BrFN2O. The maximum absolute atomic E-state index is 13.1. The summed E-state index contributed by atoms with van der Waals surface area (Å²) in [4.78, 5) is 4.29. The van der Waals surface area contributed by atoms with Crippen molar-refractivity contribution in [3.63, 3.8) is 0 Å². The molecule has 0 atom stereocenters. The number of hydrogen-bond acceptors (Lipinski definition) is 3. The zero-order chi connectivity index (χ0) is 14.4. The van der Waals surface area contributed by atoms with Crippen molar-refractivity contribution in [1.82, 2.24) is 4.98 Å². The quantitative estimate of drug-likeness (QED) is 0.848. The molecule has 0 fully saturated rings. The van der Waals surface area contributed by atoms with Gasteiger partial charge in [0.25, 0.3) is 0 Å². The van der Waals surface area contributed by atoms with E-state index in [1.165, 1.54) is 12.1 Å². The van der Waals surface area contributed by atoms with Crippen LogP contribution in [0.1, 0.15) is 18.9 Å². The van der Waals surface area contributed by atoms with Crippen molar-refractivity contribution in [3.8, 4) is 5.75 Å². The van der Waals surface area contributed by atoms with Crippen molar-refractivity contribution >= 4 is 21.7 Å². The fourth-order valence-corrected chi connectivity index (χ4v) is 1.98. The Morgan fingerprint density at radius 2 is 2.15 bits per heavy atom. The summed E-state index contributed by atoms with van der Waals surface area (Å²) in [6.07, 6.45) is 2.81. The van der Waals surface area contributed by atoms with Gasteiger partial charge in [0, 0.05) is 24.4 Å². The number of benzene rings is 1. The molecule has 0 saturated carbocycles. The number of hydrogen-bond donors (Lipinski definition) is 1. The number of rotatable bonds is 6. The third kappa shape index (κ3) is 4.20. The smallest absolute Gasteiger partial charge is 0.136 e. The maximum Gasteiger partial charge on any atom is 0.136 e. The summed E-state index contributed by atoms with van der Waals surface area (Å²) < 4.78 is 19.4. The first-order valence-corrected chi connectivity index (χ1v) is 7.25. The SMILES string of the molecule is CCCNc1ccc(COc2cc(F)ccc2Br)cn1. The molecule has 0 unspecified atom stereocenters. The molecule has 1 heterocycles. The van der Waals surface area contributed by atoms with Gasteiger partial charge in [-0.1, -0.05) is 13.0 Å². The number of aromatic nitrogens is 1. The third-order valence-electron chi connectivity index (χ3n) is 2.67. The maximum atomic E-state index is 13.1. The molecule has 20 heavy (non-hydrogen) atoms. The number of anilines is 1. The summed E-state index contributed by atoms with van der Waals surface area (Å²) in [5, 5.41) is 3.20. The zero-order valence-electron chi connectivity index (χ0n) is 11.2. The fourth-order valence-electron chi connectivity index (χ4n) is 1.62. The highest BCUT2D eigenvalue weighted by atomic mass is 79.9. The van der Waals surface area contributed by atoms with E-state index >= 15 is 0 Å². The normalized spacial score (nSPS) is 10.3. The zero-order valence-corrected chi connectivity index (χ0v) is 12.8. The van der Waals surface area contributed by atoms with Crippen LogP contribution in [-0.2, 0) is 6.61 Å². The van der Waals surface area contributed by atoms with Crippen LogP contribution in [0.2, 0.25) is 0 Å². The molecule has 0 spiro atoms. The largest absolute Gasteiger partial charge is 0.488 e. The Kier molecular flexibility index (Phi) is 5.35. The van der Waals surface area contributed by atoms with Gasteiger partial charge in [-0.15, -0.1) is 0 Å². The monoisotopic (exact) mass is 338 g/mol. The predicted octanol–water partition coefficient (Wildman–Crippen LogP) is 4.38. The lowest BCUT2D eigenvalue weighted by atomic mass is 10.3. The number of pyridine rings is 1. The second kappa shape index (κ2) is 7.24. The van der Waals surface area contributed by atoms with Crippen molar-refractivity contribution in [1.29, 1.82) is 0 Å². The van der Waals surface area contributed by atoms with Crippen molar-refractivity contribution in [2.45, 2.75) is 20.0 Å². The molecule has 1 aromatic heterocycles. The lowest BCUT2D eigenvalue weighted by Gasteiger charge is -2.09. The molecule has 0 amide bonds. The Bertz CT molecular complexity index is 560. The first kappa shape index (κ1) is 14.8. The number of nitrogens with one attached hydrogen (secondary N) is 1. The van der Waals surface area contributed by atoms with Crippen LogP contribution in [0.3, 0.4) is 0 Å². The number of nitrogens with zero attached hydrogens (tertiary/aromatic N) is 1. The van der Waals surface area contributed by atoms with Crippen molar-refractivity contribution < 1.29 is 9.13 Å². The highest BCUT2D eigenvalue weighted by Gasteiger charge is 2.04. The minimum Gasteiger partial charge on any atom is -0.488 e. The third-order valence-corrected chi connectivity index (χ3v) is 3.32. The Morgan fingerprint density at radius 1 is 1.30 bits per heavy atom. The molecule has 0 aliphatic rings. The Labute approximate surface area is 126 Å². The van der Waals surface area contributed by atoms with Gasteiger partial charge in [0.1, 0.15) is 24.0 Å². The lowest BCUT2D eigenvalue weighted by Crippen LogP contribution is -2.03. The summed E-state index contributed by atoms with van der Waals surface area (Å²) in [5.74, 6) is 1.01. The molecule has 106 valence electrons. The molecule has 3 nitrogen and oxygen atoms in total. The molecule has 1 N–H and O–H groups in total. The van der Waals surface area contributed by atoms with Crippen molar-refractivity contribution in [2.24, 2.45) is 0 Å². The molecular weight excluding hydrogens is 323 g/mol. The van der Waals surface area contributed by atoms with Crippen LogP contribution < -0.4 is 10.1 Å². The standard InChI is InChI=1S/C15H16BrFN2O/c1-2-7-18-15-6-3-11(9-19-15)10-20-14-8-12(17)4-5-13(14)16/h3-6,8-9H,2,7,10H2,1H3,(H,18,19). The Balaban J connectivity index is 1.95. The van der Waals surface area contributed by atoms with Gasteiger partial charge in [0.15, 0.2) is 0 Å². The van der Waals surface area contributed by atoms with E-state index in [4.69, 9.17) is 4.74 Å². The predicted molar refractivity (Wildman–Crippen MR) is 81.4 cm³/mol. The van der Waals surface area contributed by atoms with Crippen molar-refractivity contribution in [3.05, 3.63) is 52.4 Å². The van der Waals surface area contributed by atoms with Crippen LogP contribution in [0.25, 0.3) is 0 Å². The summed E-state index contributed by atoms with van der Waals surface area (Å²) in [7, 11) is 0. The summed E-state index contributed by atoms with van der Waals surface area (Å²) in [5.41, 5.74) is 0.934. The number of halogens is 2. The highest BCUT2D eigenvalue weighted by molar-refractivity contribution is 9.10. The second-order valence-electron chi connectivity index (χ2n) is 4.34.